The molecule has 1 heterocycles. The fourth-order valence-corrected chi connectivity index (χ4v) is 3.20. The molecule has 3 unspecified atom stereocenters. The number of rotatable bonds is 5. The molecule has 2 rings (SSSR count). The lowest BCUT2D eigenvalue weighted by molar-refractivity contribution is 0.126. The van der Waals surface area contributed by atoms with Gasteiger partial charge < -0.3 is 10.2 Å². The fraction of sp³-hybridized carbons (Fsp3) is 1.00. The van der Waals surface area contributed by atoms with Crippen LogP contribution in [0.1, 0.15) is 53.4 Å². The first-order valence-electron chi connectivity index (χ1n) is 7.50. The number of hydrogen-bond donors (Lipinski definition) is 1. The Hall–Kier alpha value is -0.0800. The Bertz CT molecular complexity index is 249. The zero-order chi connectivity index (χ0) is 12.5. The molecule has 0 aromatic rings. The highest BCUT2D eigenvalue weighted by atomic mass is 15.2. The van der Waals surface area contributed by atoms with Gasteiger partial charge in [-0.1, -0.05) is 20.8 Å². The summed E-state index contributed by atoms with van der Waals surface area (Å²) in [6.07, 6.45) is 5.38. The third kappa shape index (κ3) is 3.45. The molecule has 0 spiro atoms. The predicted molar refractivity (Wildman–Crippen MR) is 74.2 cm³/mol. The van der Waals surface area contributed by atoms with E-state index >= 15 is 0 Å². The van der Waals surface area contributed by atoms with Crippen LogP contribution in [-0.2, 0) is 0 Å². The Kier molecular flexibility index (Phi) is 4.14. The summed E-state index contributed by atoms with van der Waals surface area (Å²) in [6.45, 7) is 13.3. The maximum atomic E-state index is 3.68. The smallest absolute Gasteiger partial charge is 0.00940 e. The minimum atomic E-state index is 0.636. The van der Waals surface area contributed by atoms with Gasteiger partial charge >= 0.3 is 0 Å². The molecule has 0 radical (unpaired) electrons. The first kappa shape index (κ1) is 13.4. The van der Waals surface area contributed by atoms with Crippen molar-refractivity contribution in [3.63, 3.8) is 0 Å². The molecule has 0 bridgehead atoms. The van der Waals surface area contributed by atoms with Crippen LogP contribution in [0.25, 0.3) is 0 Å². The largest absolute Gasteiger partial charge is 0.314 e. The number of hydrogen-bond acceptors (Lipinski definition) is 2. The van der Waals surface area contributed by atoms with Gasteiger partial charge in [-0.05, 0) is 57.0 Å². The third-order valence-corrected chi connectivity index (χ3v) is 4.87. The number of nitrogens with one attached hydrogen (secondary N) is 1. The van der Waals surface area contributed by atoms with Crippen molar-refractivity contribution in [2.75, 3.05) is 19.6 Å². The van der Waals surface area contributed by atoms with Crippen LogP contribution in [-0.4, -0.2) is 36.6 Å². The topological polar surface area (TPSA) is 15.3 Å². The van der Waals surface area contributed by atoms with E-state index in [0.29, 0.717) is 5.41 Å². The summed E-state index contributed by atoms with van der Waals surface area (Å²) in [5, 5.41) is 3.68. The van der Waals surface area contributed by atoms with E-state index in [0.717, 1.165) is 18.0 Å². The summed E-state index contributed by atoms with van der Waals surface area (Å²) in [5.74, 6) is 0.963. The van der Waals surface area contributed by atoms with Gasteiger partial charge in [-0.2, -0.15) is 0 Å². The van der Waals surface area contributed by atoms with E-state index in [1.54, 1.807) is 0 Å². The summed E-state index contributed by atoms with van der Waals surface area (Å²) in [4.78, 5) is 2.73. The van der Waals surface area contributed by atoms with E-state index in [1.807, 2.05) is 0 Å². The van der Waals surface area contributed by atoms with Gasteiger partial charge in [-0.25, -0.2) is 0 Å². The normalized spacial score (nSPS) is 37.1. The zero-order valence-electron chi connectivity index (χ0n) is 12.1. The molecule has 1 saturated carbocycles. The van der Waals surface area contributed by atoms with Crippen molar-refractivity contribution < 1.29 is 0 Å². The van der Waals surface area contributed by atoms with Crippen molar-refractivity contribution in [1.82, 2.24) is 10.2 Å². The monoisotopic (exact) mass is 238 g/mol. The van der Waals surface area contributed by atoms with Gasteiger partial charge in [0.1, 0.15) is 0 Å². The number of piperidine rings is 1. The van der Waals surface area contributed by atoms with Crippen molar-refractivity contribution in [3.05, 3.63) is 0 Å². The molecule has 0 amide bonds. The summed E-state index contributed by atoms with van der Waals surface area (Å²) < 4.78 is 0. The Morgan fingerprint density at radius 3 is 2.59 bits per heavy atom. The molecule has 100 valence electrons. The molecule has 1 aliphatic carbocycles. The predicted octanol–water partition coefficient (Wildman–Crippen LogP) is 2.89. The average Bonchev–Trinajstić information content (AvgIpc) is 2.87. The third-order valence-electron chi connectivity index (χ3n) is 4.87. The van der Waals surface area contributed by atoms with Crippen molar-refractivity contribution in [2.24, 2.45) is 11.3 Å². The lowest BCUT2D eigenvalue weighted by atomic mass is 9.97. The zero-order valence-corrected chi connectivity index (χ0v) is 12.1. The molecular formula is C15H30N2. The Balaban J connectivity index is 1.72. The summed E-state index contributed by atoms with van der Waals surface area (Å²) in [7, 11) is 0. The Morgan fingerprint density at radius 2 is 2.06 bits per heavy atom. The summed E-state index contributed by atoms with van der Waals surface area (Å²) in [6, 6.07) is 1.54. The Labute approximate surface area is 107 Å². The van der Waals surface area contributed by atoms with Crippen LogP contribution in [0.3, 0.4) is 0 Å². The lowest BCUT2D eigenvalue weighted by Crippen LogP contribution is -2.48. The molecule has 1 aliphatic heterocycles. The molecule has 2 nitrogen and oxygen atoms in total. The van der Waals surface area contributed by atoms with Crippen LogP contribution < -0.4 is 5.32 Å². The highest BCUT2D eigenvalue weighted by molar-refractivity contribution is 4.98. The van der Waals surface area contributed by atoms with Crippen molar-refractivity contribution in [2.45, 2.75) is 65.5 Å². The van der Waals surface area contributed by atoms with Gasteiger partial charge in [-0.3, -0.25) is 0 Å². The fourth-order valence-electron chi connectivity index (χ4n) is 3.20. The summed E-state index contributed by atoms with van der Waals surface area (Å²) >= 11 is 0. The van der Waals surface area contributed by atoms with Gasteiger partial charge in [0, 0.05) is 18.6 Å². The van der Waals surface area contributed by atoms with E-state index in [-0.39, 0.29) is 0 Å². The van der Waals surface area contributed by atoms with Crippen molar-refractivity contribution >= 4 is 0 Å². The number of nitrogens with zero attached hydrogens (tertiary/aromatic N) is 1. The second kappa shape index (κ2) is 5.27. The quantitative estimate of drug-likeness (QED) is 0.792. The molecule has 1 saturated heterocycles. The molecule has 17 heavy (non-hydrogen) atoms. The molecule has 3 atom stereocenters. The van der Waals surface area contributed by atoms with Crippen LogP contribution in [0.5, 0.6) is 0 Å². The van der Waals surface area contributed by atoms with Gasteiger partial charge in [0.25, 0.3) is 0 Å². The van der Waals surface area contributed by atoms with Crippen LogP contribution in [0.2, 0.25) is 0 Å². The van der Waals surface area contributed by atoms with Crippen LogP contribution >= 0.6 is 0 Å². The van der Waals surface area contributed by atoms with E-state index in [9.17, 15) is 0 Å². The maximum Gasteiger partial charge on any atom is 0.00940 e. The lowest BCUT2D eigenvalue weighted by Gasteiger charge is -2.38. The highest BCUT2D eigenvalue weighted by Gasteiger charge is 2.46. The van der Waals surface area contributed by atoms with Gasteiger partial charge in [-0.15, -0.1) is 0 Å². The Morgan fingerprint density at radius 1 is 1.35 bits per heavy atom. The van der Waals surface area contributed by atoms with E-state index < -0.39 is 0 Å². The van der Waals surface area contributed by atoms with Gasteiger partial charge in [0.05, 0.1) is 0 Å². The van der Waals surface area contributed by atoms with Crippen LogP contribution in [0, 0.1) is 11.3 Å². The SMILES string of the molecule is CCCNC1CCN(CC2CC2(C)C)C(C)C1. The van der Waals surface area contributed by atoms with Crippen LogP contribution in [0.4, 0.5) is 0 Å². The first-order valence-corrected chi connectivity index (χ1v) is 7.50. The second-order valence-corrected chi connectivity index (χ2v) is 6.91. The highest BCUT2D eigenvalue weighted by Crippen LogP contribution is 2.52. The summed E-state index contributed by atoms with van der Waals surface area (Å²) in [5.41, 5.74) is 0.636. The van der Waals surface area contributed by atoms with E-state index in [4.69, 9.17) is 0 Å². The first-order chi connectivity index (χ1) is 8.03. The average molecular weight is 238 g/mol. The minimum absolute atomic E-state index is 0.636. The number of likely N-dealkylation sites (tertiary alicyclic amines) is 1. The minimum Gasteiger partial charge on any atom is -0.314 e. The molecule has 0 aromatic carbocycles. The maximum absolute atomic E-state index is 3.68. The van der Waals surface area contributed by atoms with Crippen molar-refractivity contribution in [1.29, 1.82) is 0 Å². The van der Waals surface area contributed by atoms with E-state index in [2.05, 4.69) is 37.9 Å². The van der Waals surface area contributed by atoms with Gasteiger partial charge in [0.15, 0.2) is 0 Å². The standard InChI is InChI=1S/C15H30N2/c1-5-7-16-14-6-8-17(12(2)9-14)11-13-10-15(13,3)4/h12-14,16H,5-11H2,1-4H3. The van der Waals surface area contributed by atoms with Gasteiger partial charge in [0.2, 0.25) is 0 Å². The molecule has 2 heteroatoms. The molecule has 2 fully saturated rings. The van der Waals surface area contributed by atoms with E-state index in [1.165, 1.54) is 45.3 Å². The van der Waals surface area contributed by atoms with Crippen LogP contribution in [0.15, 0.2) is 0 Å². The molecule has 0 aromatic heterocycles. The molecule has 2 aliphatic rings. The molecule has 1 N–H and O–H groups in total. The van der Waals surface area contributed by atoms with Crippen molar-refractivity contribution in [3.8, 4) is 0 Å². The second-order valence-electron chi connectivity index (χ2n) is 6.91. The molecular weight excluding hydrogens is 208 g/mol.